The molecule has 1 fully saturated rings. The van der Waals surface area contributed by atoms with Crippen LogP contribution in [0.1, 0.15) is 49.3 Å². The maximum atomic E-state index is 4.80. The summed E-state index contributed by atoms with van der Waals surface area (Å²) >= 11 is 1.85. The predicted molar refractivity (Wildman–Crippen MR) is 133 cm³/mol. The summed E-state index contributed by atoms with van der Waals surface area (Å²) in [7, 11) is 0. The highest BCUT2D eigenvalue weighted by Crippen LogP contribution is 2.29. The van der Waals surface area contributed by atoms with E-state index in [4.69, 9.17) is 4.98 Å². The van der Waals surface area contributed by atoms with E-state index in [1.165, 1.54) is 41.7 Å². The lowest BCUT2D eigenvalue weighted by atomic mass is 10.2. The highest BCUT2D eigenvalue weighted by molar-refractivity contribution is 7.98. The predicted octanol–water partition coefficient (Wildman–Crippen LogP) is 7.21. The highest BCUT2D eigenvalue weighted by Gasteiger charge is 2.17. The largest absolute Gasteiger partial charge is 0.367 e. The molecule has 1 saturated carbocycles. The zero-order chi connectivity index (χ0) is 21.5. The van der Waals surface area contributed by atoms with Crippen molar-refractivity contribution in [3.63, 3.8) is 0 Å². The average Bonchev–Trinajstić information content (AvgIpc) is 3.30. The van der Waals surface area contributed by atoms with Gasteiger partial charge in [0.1, 0.15) is 5.82 Å². The fourth-order valence-corrected chi connectivity index (χ4v) is 4.81. The van der Waals surface area contributed by atoms with Crippen molar-refractivity contribution in [3.8, 4) is 0 Å². The minimum atomic E-state index is 0.509. The number of aromatic nitrogens is 2. The van der Waals surface area contributed by atoms with Crippen LogP contribution >= 0.6 is 11.8 Å². The van der Waals surface area contributed by atoms with E-state index < -0.39 is 0 Å². The molecule has 5 heteroatoms. The van der Waals surface area contributed by atoms with Gasteiger partial charge < -0.3 is 10.6 Å². The van der Waals surface area contributed by atoms with Gasteiger partial charge in [0.2, 0.25) is 5.95 Å². The van der Waals surface area contributed by atoms with E-state index in [0.29, 0.717) is 12.0 Å². The summed E-state index contributed by atoms with van der Waals surface area (Å²) in [5.41, 5.74) is 4.59. The van der Waals surface area contributed by atoms with E-state index in [2.05, 4.69) is 77.1 Å². The van der Waals surface area contributed by atoms with Crippen molar-refractivity contribution in [3.05, 3.63) is 77.5 Å². The van der Waals surface area contributed by atoms with Crippen LogP contribution in [0.25, 0.3) is 6.08 Å². The molecule has 1 heterocycles. The SMILES string of the molecule is C/C=C/c1cnc(Nc2ccc(SCc3ccccc3)cc2C)nc1NC1CCCC1. The first-order valence-electron chi connectivity index (χ1n) is 11.0. The number of benzene rings is 2. The molecule has 1 aliphatic rings. The van der Waals surface area contributed by atoms with Gasteiger partial charge in [0.15, 0.2) is 0 Å². The quantitative estimate of drug-likeness (QED) is 0.370. The number of nitrogens with one attached hydrogen (secondary N) is 2. The number of nitrogens with zero attached hydrogens (tertiary/aromatic N) is 2. The van der Waals surface area contributed by atoms with Crippen molar-refractivity contribution in [2.45, 2.75) is 56.2 Å². The molecule has 0 spiro atoms. The van der Waals surface area contributed by atoms with Crippen LogP contribution in [-0.2, 0) is 5.75 Å². The maximum absolute atomic E-state index is 4.80. The first-order chi connectivity index (χ1) is 15.2. The van der Waals surface area contributed by atoms with Gasteiger partial charge in [0.05, 0.1) is 0 Å². The van der Waals surface area contributed by atoms with Crippen LogP contribution in [0.2, 0.25) is 0 Å². The van der Waals surface area contributed by atoms with Gasteiger partial charge in [-0.05, 0) is 56.0 Å². The lowest BCUT2D eigenvalue weighted by Gasteiger charge is -2.16. The Balaban J connectivity index is 1.46. The summed E-state index contributed by atoms with van der Waals surface area (Å²) < 4.78 is 0. The summed E-state index contributed by atoms with van der Waals surface area (Å²) in [6.45, 7) is 4.15. The van der Waals surface area contributed by atoms with Gasteiger partial charge in [-0.1, -0.05) is 55.3 Å². The molecule has 2 N–H and O–H groups in total. The van der Waals surface area contributed by atoms with E-state index in [9.17, 15) is 0 Å². The molecule has 0 bridgehead atoms. The van der Waals surface area contributed by atoms with Crippen molar-refractivity contribution in [1.29, 1.82) is 0 Å². The van der Waals surface area contributed by atoms with E-state index >= 15 is 0 Å². The van der Waals surface area contributed by atoms with Crippen molar-refractivity contribution in [1.82, 2.24) is 9.97 Å². The minimum absolute atomic E-state index is 0.509. The maximum Gasteiger partial charge on any atom is 0.229 e. The number of allylic oxidation sites excluding steroid dienone is 1. The van der Waals surface area contributed by atoms with E-state index in [-0.39, 0.29) is 0 Å². The summed E-state index contributed by atoms with van der Waals surface area (Å²) in [6, 6.07) is 17.6. The number of hydrogen-bond donors (Lipinski definition) is 2. The molecular formula is C26H30N4S. The summed E-state index contributed by atoms with van der Waals surface area (Å²) in [6.07, 6.45) is 11.0. The highest BCUT2D eigenvalue weighted by atomic mass is 32.2. The Morgan fingerprint density at radius 3 is 2.65 bits per heavy atom. The van der Waals surface area contributed by atoms with Crippen LogP contribution in [0.3, 0.4) is 0 Å². The molecule has 1 aromatic heterocycles. The third-order valence-corrected chi connectivity index (χ3v) is 6.62. The Hall–Kier alpha value is -2.79. The first-order valence-corrected chi connectivity index (χ1v) is 12.0. The molecule has 0 unspecified atom stereocenters. The fourth-order valence-electron chi connectivity index (χ4n) is 3.86. The van der Waals surface area contributed by atoms with Gasteiger partial charge in [-0.15, -0.1) is 11.8 Å². The zero-order valence-corrected chi connectivity index (χ0v) is 19.1. The van der Waals surface area contributed by atoms with Crippen LogP contribution in [-0.4, -0.2) is 16.0 Å². The molecular weight excluding hydrogens is 400 g/mol. The molecule has 3 aromatic rings. The molecule has 0 amide bonds. The van der Waals surface area contributed by atoms with E-state index in [1.54, 1.807) is 0 Å². The van der Waals surface area contributed by atoms with Gasteiger partial charge in [0.25, 0.3) is 0 Å². The van der Waals surface area contributed by atoms with Crippen molar-refractivity contribution < 1.29 is 0 Å². The Kier molecular flexibility index (Phi) is 7.26. The topological polar surface area (TPSA) is 49.8 Å². The normalized spacial score (nSPS) is 14.3. The molecule has 4 nitrogen and oxygen atoms in total. The Labute approximate surface area is 189 Å². The average molecular weight is 431 g/mol. The van der Waals surface area contributed by atoms with Gasteiger partial charge in [0, 0.05) is 34.1 Å². The second-order valence-electron chi connectivity index (χ2n) is 8.00. The van der Waals surface area contributed by atoms with Crippen molar-refractivity contribution in [2.24, 2.45) is 0 Å². The first kappa shape index (κ1) is 21.4. The second kappa shape index (κ2) is 10.5. The number of hydrogen-bond acceptors (Lipinski definition) is 5. The van der Waals surface area contributed by atoms with Crippen LogP contribution in [0, 0.1) is 6.92 Å². The number of aryl methyl sites for hydroxylation is 1. The summed E-state index contributed by atoms with van der Waals surface area (Å²) in [5.74, 6) is 2.51. The zero-order valence-electron chi connectivity index (χ0n) is 18.3. The molecule has 0 radical (unpaired) electrons. The molecule has 0 aliphatic heterocycles. The smallest absolute Gasteiger partial charge is 0.229 e. The number of anilines is 3. The van der Waals surface area contributed by atoms with E-state index in [1.807, 2.05) is 31.0 Å². The molecule has 1 aliphatic carbocycles. The molecule has 0 atom stereocenters. The van der Waals surface area contributed by atoms with Gasteiger partial charge in [-0.25, -0.2) is 4.98 Å². The lowest BCUT2D eigenvalue weighted by molar-refractivity contribution is 0.749. The van der Waals surface area contributed by atoms with E-state index in [0.717, 1.165) is 22.8 Å². The van der Waals surface area contributed by atoms with Gasteiger partial charge in [-0.2, -0.15) is 4.98 Å². The standard InChI is InChI=1S/C26H30N4S/c1-3-9-21-17-27-26(30-25(21)28-22-12-7-8-13-22)29-24-15-14-23(16-19(24)2)31-18-20-10-5-4-6-11-20/h3-6,9-11,14-17,22H,7-8,12-13,18H2,1-2H3,(H2,27,28,29,30)/b9-3+. The molecule has 31 heavy (non-hydrogen) atoms. The molecule has 0 saturated heterocycles. The number of thioether (sulfide) groups is 1. The van der Waals surface area contributed by atoms with Crippen LogP contribution in [0.5, 0.6) is 0 Å². The molecule has 2 aromatic carbocycles. The second-order valence-corrected chi connectivity index (χ2v) is 9.05. The van der Waals surface area contributed by atoms with Gasteiger partial charge >= 0.3 is 0 Å². The Morgan fingerprint density at radius 2 is 1.90 bits per heavy atom. The number of rotatable bonds is 8. The Morgan fingerprint density at radius 1 is 1.10 bits per heavy atom. The van der Waals surface area contributed by atoms with Gasteiger partial charge in [-0.3, -0.25) is 0 Å². The monoisotopic (exact) mass is 430 g/mol. The van der Waals surface area contributed by atoms with Crippen LogP contribution < -0.4 is 10.6 Å². The third kappa shape index (κ3) is 5.88. The summed E-state index contributed by atoms with van der Waals surface area (Å²) in [5, 5.41) is 7.04. The molecule has 160 valence electrons. The molecule has 4 rings (SSSR count). The van der Waals surface area contributed by atoms with Crippen LogP contribution in [0.4, 0.5) is 17.5 Å². The fraction of sp³-hybridized carbons (Fsp3) is 0.308. The third-order valence-electron chi connectivity index (χ3n) is 5.55. The minimum Gasteiger partial charge on any atom is -0.367 e. The lowest BCUT2D eigenvalue weighted by Crippen LogP contribution is -2.17. The summed E-state index contributed by atoms with van der Waals surface area (Å²) in [4.78, 5) is 10.6. The van der Waals surface area contributed by atoms with Crippen molar-refractivity contribution >= 4 is 35.3 Å². The van der Waals surface area contributed by atoms with Crippen LogP contribution in [0.15, 0.2) is 65.7 Å². The Bertz CT molecular complexity index is 1030. The van der Waals surface area contributed by atoms with Crippen molar-refractivity contribution in [2.75, 3.05) is 10.6 Å².